The van der Waals surface area contributed by atoms with Gasteiger partial charge in [-0.25, -0.2) is 4.79 Å². The third kappa shape index (κ3) is 3.50. The van der Waals surface area contributed by atoms with E-state index in [0.29, 0.717) is 23.4 Å². The summed E-state index contributed by atoms with van der Waals surface area (Å²) in [5.41, 5.74) is 3.73. The summed E-state index contributed by atoms with van der Waals surface area (Å²) in [4.78, 5) is 25.5. The van der Waals surface area contributed by atoms with E-state index in [4.69, 9.17) is 4.74 Å². The first kappa shape index (κ1) is 18.2. The molecule has 0 radical (unpaired) electrons. The van der Waals surface area contributed by atoms with Gasteiger partial charge in [0.25, 0.3) is 0 Å². The fourth-order valence-electron chi connectivity index (χ4n) is 3.32. The maximum Gasteiger partial charge on any atom is 0.340 e. The Bertz CT molecular complexity index is 844. The van der Waals surface area contributed by atoms with Crippen LogP contribution in [0.3, 0.4) is 0 Å². The molecule has 0 aliphatic carbocycles. The van der Waals surface area contributed by atoms with Gasteiger partial charge in [-0.3, -0.25) is 4.79 Å². The van der Waals surface area contributed by atoms with Crippen molar-refractivity contribution >= 4 is 17.3 Å². The molecule has 2 heterocycles. The highest BCUT2D eigenvalue weighted by atomic mass is 16.5. The highest BCUT2D eigenvalue weighted by Gasteiger charge is 2.29. The molecule has 4 heteroatoms. The van der Waals surface area contributed by atoms with Gasteiger partial charge >= 0.3 is 5.97 Å². The van der Waals surface area contributed by atoms with E-state index in [1.165, 1.54) is 0 Å². The van der Waals surface area contributed by atoms with Gasteiger partial charge in [-0.15, -0.1) is 0 Å². The lowest BCUT2D eigenvalue weighted by molar-refractivity contribution is -0.140. The van der Waals surface area contributed by atoms with Gasteiger partial charge in [0.1, 0.15) is 0 Å². The minimum atomic E-state index is -0.322. The van der Waals surface area contributed by atoms with Gasteiger partial charge in [0, 0.05) is 12.1 Å². The summed E-state index contributed by atoms with van der Waals surface area (Å²) >= 11 is 0. The van der Waals surface area contributed by atoms with E-state index in [2.05, 4.69) is 6.92 Å². The number of carbonyl (C=O) groups excluding carboxylic acids is 2. The van der Waals surface area contributed by atoms with Crippen LogP contribution in [-0.4, -0.2) is 22.4 Å². The Labute approximate surface area is 154 Å². The predicted octanol–water partition coefficient (Wildman–Crippen LogP) is 4.41. The number of hydrogen-bond donors (Lipinski definition) is 0. The Kier molecular flexibility index (Phi) is 5.40. The molecule has 1 aliphatic heterocycles. The van der Waals surface area contributed by atoms with Crippen LogP contribution in [0.25, 0.3) is 5.57 Å². The normalized spacial score (nSPS) is 12.8. The summed E-state index contributed by atoms with van der Waals surface area (Å²) in [5.74, 6) is -0.313. The Morgan fingerprint density at radius 3 is 2.58 bits per heavy atom. The van der Waals surface area contributed by atoms with E-state index in [1.807, 2.05) is 60.9 Å². The van der Waals surface area contributed by atoms with Gasteiger partial charge in [0.05, 0.1) is 23.1 Å². The van der Waals surface area contributed by atoms with Crippen molar-refractivity contribution in [3.63, 3.8) is 0 Å². The number of carbonyl (C=O) groups is 2. The summed E-state index contributed by atoms with van der Waals surface area (Å²) in [6.45, 7) is 6.33. The van der Waals surface area contributed by atoms with Crippen LogP contribution in [0.15, 0.2) is 42.5 Å². The Balaban J connectivity index is 2.00. The molecule has 0 saturated carbocycles. The molecule has 1 aromatic carbocycles. The second-order valence-corrected chi connectivity index (χ2v) is 6.88. The van der Waals surface area contributed by atoms with Gasteiger partial charge in [-0.05, 0) is 44.4 Å². The molecule has 0 saturated heterocycles. The van der Waals surface area contributed by atoms with Crippen LogP contribution >= 0.6 is 0 Å². The van der Waals surface area contributed by atoms with Crippen molar-refractivity contribution in [3.8, 4) is 0 Å². The number of rotatable bonds is 7. The lowest BCUT2D eigenvalue weighted by Crippen LogP contribution is -2.13. The average molecular weight is 351 g/mol. The van der Waals surface area contributed by atoms with Crippen LogP contribution in [-0.2, 0) is 22.5 Å². The maximum absolute atomic E-state index is 13.1. The molecule has 136 valence electrons. The van der Waals surface area contributed by atoms with E-state index in [1.54, 1.807) is 0 Å². The fourth-order valence-corrected chi connectivity index (χ4v) is 3.32. The molecule has 0 atom stereocenters. The van der Waals surface area contributed by atoms with Gasteiger partial charge in [-0.2, -0.15) is 0 Å². The number of ketones is 1. The minimum absolute atomic E-state index is 0.00910. The van der Waals surface area contributed by atoms with E-state index in [9.17, 15) is 9.59 Å². The zero-order chi connectivity index (χ0) is 18.7. The fraction of sp³-hybridized carbons (Fsp3) is 0.364. The third-order valence-corrected chi connectivity index (χ3v) is 4.54. The van der Waals surface area contributed by atoms with Gasteiger partial charge in [0.15, 0.2) is 0 Å². The van der Waals surface area contributed by atoms with Crippen LogP contribution in [0, 0.1) is 0 Å². The zero-order valence-electron chi connectivity index (χ0n) is 15.6. The number of ether oxygens (including phenoxy) is 1. The summed E-state index contributed by atoms with van der Waals surface area (Å²) < 4.78 is 7.32. The molecule has 0 spiro atoms. The quantitative estimate of drug-likeness (QED) is 0.548. The van der Waals surface area contributed by atoms with Crippen molar-refractivity contribution in [2.45, 2.75) is 52.7 Å². The number of hydrogen-bond acceptors (Lipinski definition) is 3. The molecule has 1 aliphatic rings. The number of aryl methyl sites for hydroxylation is 1. The molecular weight excluding hydrogens is 326 g/mol. The largest absolute Gasteiger partial charge is 0.459 e. The molecule has 0 unspecified atom stereocenters. The summed E-state index contributed by atoms with van der Waals surface area (Å²) in [7, 11) is 0. The minimum Gasteiger partial charge on any atom is -0.459 e. The molecule has 0 amide bonds. The Morgan fingerprint density at radius 2 is 1.92 bits per heavy atom. The highest BCUT2D eigenvalue weighted by molar-refractivity contribution is 6.18. The number of fused-ring (bicyclic) bond motifs is 1. The van der Waals surface area contributed by atoms with E-state index in [-0.39, 0.29) is 17.9 Å². The topological polar surface area (TPSA) is 48.3 Å². The number of esters is 1. The van der Waals surface area contributed by atoms with Crippen LogP contribution in [0.1, 0.15) is 60.9 Å². The lowest BCUT2D eigenvalue weighted by Gasteiger charge is -2.09. The first-order valence-corrected chi connectivity index (χ1v) is 9.26. The van der Waals surface area contributed by atoms with E-state index < -0.39 is 0 Å². The van der Waals surface area contributed by atoms with Crippen molar-refractivity contribution in [2.75, 3.05) is 0 Å². The van der Waals surface area contributed by atoms with Crippen LogP contribution in [0.5, 0.6) is 0 Å². The van der Waals surface area contributed by atoms with E-state index in [0.717, 1.165) is 30.5 Å². The number of aromatic nitrogens is 1. The van der Waals surface area contributed by atoms with Gasteiger partial charge < -0.3 is 9.30 Å². The Hall–Kier alpha value is -2.62. The molecule has 4 nitrogen and oxygen atoms in total. The first-order chi connectivity index (χ1) is 12.5. The van der Waals surface area contributed by atoms with Gasteiger partial charge in [-0.1, -0.05) is 43.7 Å². The smallest absolute Gasteiger partial charge is 0.340 e. The standard InChI is InChI=1S/C22H25NO3/c1-4-5-9-17-14-19-18(22(25)26-15(2)3)12-13-23(19)20(17)21(24)16-10-7-6-8-11-16/h6-8,10-12,14-15H,4-5,9,13H2,1-3H3. The molecule has 0 N–H and O–H groups in total. The number of unbranched alkanes of at least 4 members (excludes halogenated alkanes) is 1. The summed E-state index contributed by atoms with van der Waals surface area (Å²) in [5, 5.41) is 0. The summed E-state index contributed by atoms with van der Waals surface area (Å²) in [6.07, 6.45) is 4.57. The molecule has 0 bridgehead atoms. The van der Waals surface area contributed by atoms with Crippen LogP contribution < -0.4 is 0 Å². The molecular formula is C22H25NO3. The summed E-state index contributed by atoms with van der Waals surface area (Å²) in [6, 6.07) is 11.3. The third-order valence-electron chi connectivity index (χ3n) is 4.54. The van der Waals surface area contributed by atoms with Crippen molar-refractivity contribution < 1.29 is 14.3 Å². The first-order valence-electron chi connectivity index (χ1n) is 9.26. The molecule has 2 aromatic rings. The highest BCUT2D eigenvalue weighted by Crippen LogP contribution is 2.31. The van der Waals surface area contributed by atoms with Crippen molar-refractivity contribution in [1.82, 2.24) is 4.57 Å². The predicted molar refractivity (Wildman–Crippen MR) is 102 cm³/mol. The van der Waals surface area contributed by atoms with Crippen LogP contribution in [0.4, 0.5) is 0 Å². The second kappa shape index (κ2) is 7.73. The second-order valence-electron chi connectivity index (χ2n) is 6.88. The maximum atomic E-state index is 13.1. The number of benzene rings is 1. The number of allylic oxidation sites excluding steroid dienone is 1. The molecule has 3 rings (SSSR count). The van der Waals surface area contributed by atoms with Crippen molar-refractivity contribution in [1.29, 1.82) is 0 Å². The number of nitrogens with zero attached hydrogens (tertiary/aromatic N) is 1. The lowest BCUT2D eigenvalue weighted by atomic mass is 10.0. The van der Waals surface area contributed by atoms with Crippen LogP contribution in [0.2, 0.25) is 0 Å². The Morgan fingerprint density at radius 1 is 1.19 bits per heavy atom. The molecule has 0 fully saturated rings. The molecule has 1 aromatic heterocycles. The monoisotopic (exact) mass is 351 g/mol. The molecule has 26 heavy (non-hydrogen) atoms. The van der Waals surface area contributed by atoms with Gasteiger partial charge in [0.2, 0.25) is 5.78 Å². The van der Waals surface area contributed by atoms with Crippen molar-refractivity contribution in [2.24, 2.45) is 0 Å². The average Bonchev–Trinajstić information content (AvgIpc) is 3.18. The van der Waals surface area contributed by atoms with Crippen molar-refractivity contribution in [3.05, 3.63) is 65.0 Å². The van der Waals surface area contributed by atoms with E-state index >= 15 is 0 Å². The SMILES string of the molecule is CCCCc1cc2n(c1C(=O)c1ccccc1)CC=C2C(=O)OC(C)C. The zero-order valence-corrected chi connectivity index (χ0v) is 15.6.